The molecule has 2 aliphatic rings. The van der Waals surface area contributed by atoms with Crippen molar-refractivity contribution in [2.24, 2.45) is 0 Å². The monoisotopic (exact) mass is 311 g/mol. The molecule has 2 fully saturated rings. The van der Waals surface area contributed by atoms with E-state index in [2.05, 4.69) is 32.1 Å². The van der Waals surface area contributed by atoms with E-state index in [0.717, 1.165) is 32.0 Å². The van der Waals surface area contributed by atoms with Crippen molar-refractivity contribution in [3.05, 3.63) is 12.3 Å². The second-order valence-electron chi connectivity index (χ2n) is 5.77. The number of nitrogens with one attached hydrogen (secondary N) is 1. The lowest BCUT2D eigenvalue weighted by Gasteiger charge is -2.33. The van der Waals surface area contributed by atoms with Crippen LogP contribution in [0.3, 0.4) is 0 Å². The van der Waals surface area contributed by atoms with Gasteiger partial charge in [-0.25, -0.2) is 13.4 Å². The van der Waals surface area contributed by atoms with Crippen molar-refractivity contribution >= 4 is 21.6 Å². The number of nitrogens with zero attached hydrogens (tertiary/aromatic N) is 4. The maximum Gasteiger partial charge on any atom is 0.224 e. The largest absolute Gasteiger partial charge is 0.354 e. The predicted molar refractivity (Wildman–Crippen MR) is 82.4 cm³/mol. The Morgan fingerprint density at radius 2 is 2.05 bits per heavy atom. The van der Waals surface area contributed by atoms with Gasteiger partial charge in [0, 0.05) is 38.4 Å². The summed E-state index contributed by atoms with van der Waals surface area (Å²) in [4.78, 5) is 13.3. The number of rotatable bonds is 3. The van der Waals surface area contributed by atoms with Crippen LogP contribution >= 0.6 is 0 Å². The molecule has 1 aromatic rings. The van der Waals surface area contributed by atoms with Gasteiger partial charge in [-0.15, -0.1) is 0 Å². The summed E-state index contributed by atoms with van der Waals surface area (Å²) in [5.41, 5.74) is 0. The van der Waals surface area contributed by atoms with E-state index < -0.39 is 9.84 Å². The highest BCUT2D eigenvalue weighted by molar-refractivity contribution is 7.91. The summed E-state index contributed by atoms with van der Waals surface area (Å²) >= 11 is 0. The van der Waals surface area contributed by atoms with E-state index in [0.29, 0.717) is 12.4 Å². The van der Waals surface area contributed by atoms with Gasteiger partial charge < -0.3 is 15.1 Å². The van der Waals surface area contributed by atoms with Crippen LogP contribution in [0.4, 0.5) is 11.8 Å². The van der Waals surface area contributed by atoms with Crippen molar-refractivity contribution in [2.45, 2.75) is 12.5 Å². The summed E-state index contributed by atoms with van der Waals surface area (Å²) in [6, 6.07) is 1.83. The van der Waals surface area contributed by atoms with Crippen molar-refractivity contribution in [3.63, 3.8) is 0 Å². The minimum Gasteiger partial charge on any atom is -0.354 e. The zero-order valence-corrected chi connectivity index (χ0v) is 13.0. The van der Waals surface area contributed by atoms with Gasteiger partial charge in [-0.1, -0.05) is 0 Å². The van der Waals surface area contributed by atoms with Crippen LogP contribution in [0.25, 0.3) is 0 Å². The molecule has 0 radical (unpaired) electrons. The topological polar surface area (TPSA) is 78.4 Å². The van der Waals surface area contributed by atoms with Crippen LogP contribution in [0, 0.1) is 0 Å². The first-order valence-electron chi connectivity index (χ1n) is 7.25. The first-order valence-corrected chi connectivity index (χ1v) is 9.07. The second-order valence-corrected chi connectivity index (χ2v) is 8.00. The van der Waals surface area contributed by atoms with Gasteiger partial charge in [0.15, 0.2) is 9.84 Å². The average Bonchev–Trinajstić information content (AvgIpc) is 2.79. The van der Waals surface area contributed by atoms with Crippen LogP contribution in [0.15, 0.2) is 12.3 Å². The van der Waals surface area contributed by atoms with Gasteiger partial charge in [0.25, 0.3) is 0 Å². The Bertz CT molecular complexity index is 598. The zero-order chi connectivity index (χ0) is 14.9. The summed E-state index contributed by atoms with van der Waals surface area (Å²) in [5.74, 6) is 1.85. The molecule has 0 amide bonds. The van der Waals surface area contributed by atoms with Crippen LogP contribution in [0.2, 0.25) is 0 Å². The molecule has 3 rings (SSSR count). The van der Waals surface area contributed by atoms with Crippen LogP contribution in [0.1, 0.15) is 6.42 Å². The highest BCUT2D eigenvalue weighted by Crippen LogP contribution is 2.18. The quantitative estimate of drug-likeness (QED) is 0.830. The van der Waals surface area contributed by atoms with Gasteiger partial charge in [-0.05, 0) is 19.5 Å². The Balaban J connectivity index is 1.66. The van der Waals surface area contributed by atoms with Crippen LogP contribution in [-0.2, 0) is 9.84 Å². The van der Waals surface area contributed by atoms with E-state index >= 15 is 0 Å². The summed E-state index contributed by atoms with van der Waals surface area (Å²) in [5, 5.41) is 3.15. The van der Waals surface area contributed by atoms with Crippen LogP contribution in [-0.4, -0.2) is 74.1 Å². The van der Waals surface area contributed by atoms with Gasteiger partial charge in [-0.3, -0.25) is 0 Å². The SMILES string of the molecule is CN1CCN(c2ccnc(NC3CCS(=O)(=O)C3)n2)CC1. The number of hydrogen-bond acceptors (Lipinski definition) is 7. The van der Waals surface area contributed by atoms with Crippen LogP contribution < -0.4 is 10.2 Å². The fourth-order valence-electron chi connectivity index (χ4n) is 2.72. The molecule has 1 N–H and O–H groups in total. The smallest absolute Gasteiger partial charge is 0.224 e. The molecule has 21 heavy (non-hydrogen) atoms. The standard InChI is InChI=1S/C13H21N5O2S/c1-17-5-7-18(8-6-17)12-2-4-14-13(16-12)15-11-3-9-21(19,20)10-11/h2,4,11H,3,5-10H2,1H3,(H,14,15,16). The van der Waals surface area contributed by atoms with Gasteiger partial charge in [-0.2, -0.15) is 4.98 Å². The minimum absolute atomic E-state index is 0.0715. The molecule has 0 aromatic carbocycles. The molecular weight excluding hydrogens is 290 g/mol. The third kappa shape index (κ3) is 3.62. The number of aromatic nitrogens is 2. The Morgan fingerprint density at radius 1 is 1.29 bits per heavy atom. The number of anilines is 2. The zero-order valence-electron chi connectivity index (χ0n) is 12.2. The molecule has 0 spiro atoms. The molecule has 116 valence electrons. The molecule has 1 aromatic heterocycles. The molecule has 0 aliphatic carbocycles. The van der Waals surface area contributed by atoms with Crippen molar-refractivity contribution in [3.8, 4) is 0 Å². The summed E-state index contributed by atoms with van der Waals surface area (Å²) in [7, 11) is -0.770. The molecule has 0 bridgehead atoms. The lowest BCUT2D eigenvalue weighted by Crippen LogP contribution is -2.44. The number of sulfone groups is 1. The van der Waals surface area contributed by atoms with Gasteiger partial charge in [0.05, 0.1) is 11.5 Å². The number of piperazine rings is 1. The van der Waals surface area contributed by atoms with E-state index in [4.69, 9.17) is 0 Å². The van der Waals surface area contributed by atoms with E-state index in [-0.39, 0.29) is 17.5 Å². The Morgan fingerprint density at radius 3 is 2.71 bits per heavy atom. The van der Waals surface area contributed by atoms with Crippen molar-refractivity contribution in [2.75, 3.05) is 54.9 Å². The number of hydrogen-bond donors (Lipinski definition) is 1. The molecule has 8 heteroatoms. The molecule has 2 saturated heterocycles. The lowest BCUT2D eigenvalue weighted by atomic mass is 10.3. The Labute approximate surface area is 125 Å². The summed E-state index contributed by atoms with van der Waals surface area (Å²) in [6.45, 7) is 3.94. The van der Waals surface area contributed by atoms with Crippen molar-refractivity contribution < 1.29 is 8.42 Å². The second kappa shape index (κ2) is 5.76. The average molecular weight is 311 g/mol. The maximum absolute atomic E-state index is 11.5. The molecule has 0 saturated carbocycles. The van der Waals surface area contributed by atoms with Crippen molar-refractivity contribution in [1.82, 2.24) is 14.9 Å². The molecule has 1 atom stereocenters. The van der Waals surface area contributed by atoms with Crippen LogP contribution in [0.5, 0.6) is 0 Å². The third-order valence-electron chi connectivity index (χ3n) is 4.03. The number of likely N-dealkylation sites (N-methyl/N-ethyl adjacent to an activating group) is 1. The highest BCUT2D eigenvalue weighted by Gasteiger charge is 2.28. The molecular formula is C13H21N5O2S. The first-order chi connectivity index (χ1) is 10.0. The van der Waals surface area contributed by atoms with E-state index in [1.165, 1.54) is 0 Å². The van der Waals surface area contributed by atoms with Gasteiger partial charge >= 0.3 is 0 Å². The van der Waals surface area contributed by atoms with E-state index in [1.54, 1.807) is 6.20 Å². The van der Waals surface area contributed by atoms with E-state index in [9.17, 15) is 8.42 Å². The fraction of sp³-hybridized carbons (Fsp3) is 0.692. The maximum atomic E-state index is 11.5. The highest BCUT2D eigenvalue weighted by atomic mass is 32.2. The van der Waals surface area contributed by atoms with Gasteiger partial charge in [0.1, 0.15) is 5.82 Å². The fourth-order valence-corrected chi connectivity index (χ4v) is 4.40. The summed E-state index contributed by atoms with van der Waals surface area (Å²) in [6.07, 6.45) is 2.36. The normalized spacial score (nSPS) is 26.0. The molecule has 2 aliphatic heterocycles. The Kier molecular flexibility index (Phi) is 3.99. The Hall–Kier alpha value is -1.41. The first kappa shape index (κ1) is 14.5. The third-order valence-corrected chi connectivity index (χ3v) is 5.80. The predicted octanol–water partition coefficient (Wildman–Crippen LogP) is -0.173. The van der Waals surface area contributed by atoms with Crippen molar-refractivity contribution in [1.29, 1.82) is 0 Å². The molecule has 1 unspecified atom stereocenters. The lowest BCUT2D eigenvalue weighted by molar-refractivity contribution is 0.312. The minimum atomic E-state index is -2.89. The van der Waals surface area contributed by atoms with E-state index in [1.807, 2.05) is 6.07 Å². The van der Waals surface area contributed by atoms with Gasteiger partial charge in [0.2, 0.25) is 5.95 Å². The molecule has 3 heterocycles. The summed E-state index contributed by atoms with van der Waals surface area (Å²) < 4.78 is 23.0. The molecule has 7 nitrogen and oxygen atoms in total.